The maximum Gasteiger partial charge on any atom is 0.240 e. The minimum atomic E-state index is 0.372. The van der Waals surface area contributed by atoms with Crippen LogP contribution in [0, 0.1) is 0 Å². The Balaban J connectivity index is 2.29. The zero-order chi connectivity index (χ0) is 11.4. The topological polar surface area (TPSA) is 102 Å². The molecule has 0 aliphatic carbocycles. The zero-order valence-electron chi connectivity index (χ0n) is 8.73. The van der Waals surface area contributed by atoms with Crippen LogP contribution in [0.1, 0.15) is 0 Å². The lowest BCUT2D eigenvalue weighted by Gasteiger charge is -2.04. The molecule has 0 atom stereocenters. The standard InChI is InChI=1S/C8H12N6OS/c1-15-2-3-16-7-5-4-10-14-6(5)11-8(12-7)13-9/h4H,2-3,9H2,1H3,(H2,10,11,12,13,14). The molecule has 2 heterocycles. The van der Waals surface area contributed by atoms with Crippen molar-refractivity contribution in [2.75, 3.05) is 24.9 Å². The van der Waals surface area contributed by atoms with Crippen molar-refractivity contribution in [3.63, 3.8) is 0 Å². The van der Waals surface area contributed by atoms with Gasteiger partial charge in [0.05, 0.1) is 18.2 Å². The van der Waals surface area contributed by atoms with E-state index in [-0.39, 0.29) is 0 Å². The van der Waals surface area contributed by atoms with Gasteiger partial charge in [0.2, 0.25) is 5.95 Å². The highest BCUT2D eigenvalue weighted by Gasteiger charge is 2.09. The van der Waals surface area contributed by atoms with Crippen molar-refractivity contribution in [2.45, 2.75) is 5.03 Å². The van der Waals surface area contributed by atoms with Crippen molar-refractivity contribution >= 4 is 28.7 Å². The van der Waals surface area contributed by atoms with Crippen LogP contribution >= 0.6 is 11.8 Å². The molecular formula is C8H12N6OS. The summed E-state index contributed by atoms with van der Waals surface area (Å²) in [6.45, 7) is 0.666. The summed E-state index contributed by atoms with van der Waals surface area (Å²) in [6.07, 6.45) is 1.70. The Morgan fingerprint density at radius 3 is 3.19 bits per heavy atom. The number of ether oxygens (including phenoxy) is 1. The minimum Gasteiger partial charge on any atom is -0.384 e. The van der Waals surface area contributed by atoms with Crippen LogP contribution in [-0.4, -0.2) is 39.6 Å². The Hall–Kier alpha value is -1.38. The summed E-state index contributed by atoms with van der Waals surface area (Å²) in [5.41, 5.74) is 3.09. The number of fused-ring (bicyclic) bond motifs is 1. The molecule has 2 aromatic heterocycles. The molecule has 86 valence electrons. The van der Waals surface area contributed by atoms with Crippen LogP contribution in [0.5, 0.6) is 0 Å². The maximum atomic E-state index is 5.29. The van der Waals surface area contributed by atoms with Gasteiger partial charge < -0.3 is 4.74 Å². The fourth-order valence-corrected chi connectivity index (χ4v) is 2.10. The normalized spacial score (nSPS) is 10.9. The molecule has 2 rings (SSSR count). The molecule has 0 saturated heterocycles. The summed E-state index contributed by atoms with van der Waals surface area (Å²) in [5, 5.41) is 8.43. The Kier molecular flexibility index (Phi) is 3.54. The molecular weight excluding hydrogens is 228 g/mol. The molecule has 2 aromatic rings. The van der Waals surface area contributed by atoms with Gasteiger partial charge >= 0.3 is 0 Å². The molecule has 0 unspecified atom stereocenters. The van der Waals surface area contributed by atoms with E-state index < -0.39 is 0 Å². The first-order valence-corrected chi connectivity index (χ1v) is 5.63. The lowest BCUT2D eigenvalue weighted by molar-refractivity contribution is 0.218. The number of hydrogen-bond donors (Lipinski definition) is 3. The third kappa shape index (κ3) is 2.23. The largest absolute Gasteiger partial charge is 0.384 e. The van der Waals surface area contributed by atoms with Crippen LogP contribution in [-0.2, 0) is 4.74 Å². The first-order valence-electron chi connectivity index (χ1n) is 4.64. The summed E-state index contributed by atoms with van der Waals surface area (Å²) in [7, 11) is 1.67. The highest BCUT2D eigenvalue weighted by Crippen LogP contribution is 2.24. The number of hydrazine groups is 1. The predicted molar refractivity (Wildman–Crippen MR) is 62.1 cm³/mol. The Labute approximate surface area is 96.1 Å². The van der Waals surface area contributed by atoms with Crippen LogP contribution in [0.25, 0.3) is 11.0 Å². The van der Waals surface area contributed by atoms with Crippen molar-refractivity contribution in [2.24, 2.45) is 5.84 Å². The van der Waals surface area contributed by atoms with Crippen LogP contribution in [0.15, 0.2) is 11.2 Å². The Bertz CT molecular complexity index is 472. The number of aromatic nitrogens is 4. The van der Waals surface area contributed by atoms with Gasteiger partial charge in [-0.1, -0.05) is 0 Å². The molecule has 0 saturated carbocycles. The number of nitrogens with two attached hydrogens (primary N) is 1. The van der Waals surface area contributed by atoms with Crippen LogP contribution in [0.3, 0.4) is 0 Å². The second-order valence-corrected chi connectivity index (χ2v) is 4.05. The zero-order valence-corrected chi connectivity index (χ0v) is 9.54. The predicted octanol–water partition coefficient (Wildman–Crippen LogP) is 0.377. The number of nitrogens with one attached hydrogen (secondary N) is 2. The van der Waals surface area contributed by atoms with E-state index >= 15 is 0 Å². The van der Waals surface area contributed by atoms with Gasteiger partial charge in [-0.15, -0.1) is 11.8 Å². The average molecular weight is 240 g/mol. The molecule has 8 heteroatoms. The molecule has 0 radical (unpaired) electrons. The van der Waals surface area contributed by atoms with Gasteiger partial charge in [0, 0.05) is 12.9 Å². The van der Waals surface area contributed by atoms with Gasteiger partial charge in [0.15, 0.2) is 5.65 Å². The van der Waals surface area contributed by atoms with Gasteiger partial charge in [0.1, 0.15) is 5.03 Å². The molecule has 0 spiro atoms. The molecule has 0 amide bonds. The minimum absolute atomic E-state index is 0.372. The third-order valence-electron chi connectivity index (χ3n) is 1.93. The van der Waals surface area contributed by atoms with Crippen molar-refractivity contribution in [1.82, 2.24) is 20.2 Å². The van der Waals surface area contributed by atoms with Crippen LogP contribution in [0.4, 0.5) is 5.95 Å². The monoisotopic (exact) mass is 240 g/mol. The van der Waals surface area contributed by atoms with Crippen molar-refractivity contribution in [3.05, 3.63) is 6.20 Å². The maximum absolute atomic E-state index is 5.29. The van der Waals surface area contributed by atoms with Crippen molar-refractivity contribution < 1.29 is 4.74 Å². The van der Waals surface area contributed by atoms with E-state index in [1.807, 2.05) is 0 Å². The van der Waals surface area contributed by atoms with E-state index in [0.717, 1.165) is 16.2 Å². The number of anilines is 1. The first kappa shape index (κ1) is 11.1. The quantitative estimate of drug-likeness (QED) is 0.228. The second kappa shape index (κ2) is 5.10. The first-order chi connectivity index (χ1) is 7.85. The Morgan fingerprint density at radius 2 is 2.44 bits per heavy atom. The number of thioether (sulfide) groups is 1. The molecule has 0 fully saturated rings. The molecule has 4 N–H and O–H groups in total. The summed E-state index contributed by atoms with van der Waals surface area (Å²) in [4.78, 5) is 8.40. The smallest absolute Gasteiger partial charge is 0.240 e. The number of nitrogen functional groups attached to an aromatic ring is 1. The molecule has 7 nitrogen and oxygen atoms in total. The number of rotatable bonds is 5. The van der Waals surface area contributed by atoms with Crippen molar-refractivity contribution in [3.8, 4) is 0 Å². The number of methoxy groups -OCH3 is 1. The summed E-state index contributed by atoms with van der Waals surface area (Å²) in [6, 6.07) is 0. The number of nitrogens with zero attached hydrogens (tertiary/aromatic N) is 3. The lowest BCUT2D eigenvalue weighted by atomic mass is 10.4. The van der Waals surface area contributed by atoms with Crippen LogP contribution < -0.4 is 11.3 Å². The number of aromatic amines is 1. The fourth-order valence-electron chi connectivity index (χ4n) is 1.20. The molecule has 0 aromatic carbocycles. The van der Waals surface area contributed by atoms with Crippen molar-refractivity contribution in [1.29, 1.82) is 0 Å². The van der Waals surface area contributed by atoms with Gasteiger partial charge in [-0.3, -0.25) is 10.5 Å². The molecule has 16 heavy (non-hydrogen) atoms. The molecule has 0 aliphatic rings. The Morgan fingerprint density at radius 1 is 1.56 bits per heavy atom. The molecule has 0 bridgehead atoms. The number of hydrogen-bond acceptors (Lipinski definition) is 7. The lowest BCUT2D eigenvalue weighted by Crippen LogP contribution is -2.11. The van der Waals surface area contributed by atoms with Gasteiger partial charge in [-0.05, 0) is 0 Å². The van der Waals surface area contributed by atoms with E-state index in [1.54, 1.807) is 25.1 Å². The van der Waals surface area contributed by atoms with Crippen LogP contribution in [0.2, 0.25) is 0 Å². The fraction of sp³-hybridized carbons (Fsp3) is 0.375. The molecule has 0 aliphatic heterocycles. The van der Waals surface area contributed by atoms with Gasteiger partial charge in [0.25, 0.3) is 0 Å². The number of H-pyrrole nitrogens is 1. The average Bonchev–Trinajstić information content (AvgIpc) is 2.77. The van der Waals surface area contributed by atoms with E-state index in [4.69, 9.17) is 10.6 Å². The SMILES string of the molecule is COCCSc1nc(NN)nc2[nH]ncc12. The van der Waals surface area contributed by atoms with E-state index in [2.05, 4.69) is 25.6 Å². The third-order valence-corrected chi connectivity index (χ3v) is 2.89. The highest BCUT2D eigenvalue weighted by molar-refractivity contribution is 7.99. The highest BCUT2D eigenvalue weighted by atomic mass is 32.2. The van der Waals surface area contributed by atoms with E-state index in [1.165, 1.54) is 0 Å². The van der Waals surface area contributed by atoms with Gasteiger partial charge in [-0.2, -0.15) is 10.1 Å². The summed E-state index contributed by atoms with van der Waals surface area (Å²) < 4.78 is 4.99. The van der Waals surface area contributed by atoms with E-state index in [9.17, 15) is 0 Å². The second-order valence-electron chi connectivity index (χ2n) is 2.97. The summed E-state index contributed by atoms with van der Waals surface area (Å²) in [5.74, 6) is 6.48. The summed E-state index contributed by atoms with van der Waals surface area (Å²) >= 11 is 1.58. The van der Waals surface area contributed by atoms with Gasteiger partial charge in [-0.25, -0.2) is 10.8 Å². The van der Waals surface area contributed by atoms with E-state index in [0.29, 0.717) is 18.2 Å².